The molecule has 2 aromatic carbocycles. The minimum Gasteiger partial charge on any atom is -0.332 e. The van der Waals surface area contributed by atoms with Crippen LogP contribution in [0.15, 0.2) is 47.4 Å². The number of anilines is 2. The summed E-state index contributed by atoms with van der Waals surface area (Å²) in [5.74, 6) is -0.402. The second-order valence-corrected chi connectivity index (χ2v) is 8.02. The maximum absolute atomic E-state index is 13.8. The van der Waals surface area contributed by atoms with Gasteiger partial charge in [-0.2, -0.15) is 4.31 Å². The Hall–Kier alpha value is -2.03. The molecular formula is C18H22FN3O2S2. The van der Waals surface area contributed by atoms with E-state index in [0.717, 1.165) is 5.56 Å². The zero-order valence-corrected chi connectivity index (χ0v) is 16.5. The molecule has 2 aromatic rings. The summed E-state index contributed by atoms with van der Waals surface area (Å²) < 4.78 is 40.1. The standard InChI is InChI=1S/C18H22FN3O2S2/c1-4-22(5-2)26(23,24)15-9-7-14(8-10-15)20-18(25)21-17-12-13(3)6-11-16(17)19/h6-12H,4-5H2,1-3H3,(H2,20,21,25). The summed E-state index contributed by atoms with van der Waals surface area (Å²) in [4.78, 5) is 0.218. The molecule has 26 heavy (non-hydrogen) atoms. The van der Waals surface area contributed by atoms with E-state index in [1.54, 1.807) is 38.1 Å². The highest BCUT2D eigenvalue weighted by Gasteiger charge is 2.21. The van der Waals surface area contributed by atoms with Gasteiger partial charge in [0, 0.05) is 18.8 Å². The fourth-order valence-electron chi connectivity index (χ4n) is 2.44. The number of aryl methyl sites for hydroxylation is 1. The molecule has 0 radical (unpaired) electrons. The smallest absolute Gasteiger partial charge is 0.243 e. The fraction of sp³-hybridized carbons (Fsp3) is 0.278. The second-order valence-electron chi connectivity index (χ2n) is 5.68. The maximum Gasteiger partial charge on any atom is 0.243 e. The molecule has 0 aromatic heterocycles. The van der Waals surface area contributed by atoms with Crippen molar-refractivity contribution in [1.29, 1.82) is 0 Å². The van der Waals surface area contributed by atoms with Crippen LogP contribution < -0.4 is 10.6 Å². The third-order valence-electron chi connectivity index (χ3n) is 3.83. The van der Waals surface area contributed by atoms with Crippen LogP contribution in [0.1, 0.15) is 19.4 Å². The summed E-state index contributed by atoms with van der Waals surface area (Å²) >= 11 is 5.19. The van der Waals surface area contributed by atoms with Gasteiger partial charge in [-0.3, -0.25) is 0 Å². The van der Waals surface area contributed by atoms with Crippen LogP contribution in [-0.4, -0.2) is 30.9 Å². The van der Waals surface area contributed by atoms with E-state index in [1.807, 2.05) is 6.92 Å². The van der Waals surface area contributed by atoms with Gasteiger partial charge in [0.05, 0.1) is 10.6 Å². The van der Waals surface area contributed by atoms with Crippen LogP contribution in [0.3, 0.4) is 0 Å². The number of nitrogens with zero attached hydrogens (tertiary/aromatic N) is 1. The number of benzene rings is 2. The van der Waals surface area contributed by atoms with Gasteiger partial charge >= 0.3 is 0 Å². The Bertz CT molecular complexity index is 880. The molecule has 0 amide bonds. The van der Waals surface area contributed by atoms with Crippen LogP contribution in [0.25, 0.3) is 0 Å². The van der Waals surface area contributed by atoms with Crippen molar-refractivity contribution in [1.82, 2.24) is 4.31 Å². The van der Waals surface area contributed by atoms with E-state index >= 15 is 0 Å². The summed E-state index contributed by atoms with van der Waals surface area (Å²) in [7, 11) is -3.50. The molecule has 0 aliphatic heterocycles. The largest absolute Gasteiger partial charge is 0.332 e. The Morgan fingerprint density at radius 2 is 1.69 bits per heavy atom. The van der Waals surface area contributed by atoms with Crippen molar-refractivity contribution in [2.75, 3.05) is 23.7 Å². The Kier molecular flexibility index (Phi) is 6.69. The van der Waals surface area contributed by atoms with Gasteiger partial charge in [-0.25, -0.2) is 12.8 Å². The molecule has 0 aliphatic rings. The van der Waals surface area contributed by atoms with Crippen LogP contribution in [0.5, 0.6) is 0 Å². The minimum absolute atomic E-state index is 0.217. The molecule has 2 rings (SSSR count). The van der Waals surface area contributed by atoms with Gasteiger partial charge in [-0.1, -0.05) is 19.9 Å². The number of sulfonamides is 1. The Balaban J connectivity index is 2.09. The van der Waals surface area contributed by atoms with Crippen molar-refractivity contribution in [3.63, 3.8) is 0 Å². The summed E-state index contributed by atoms with van der Waals surface area (Å²) in [5.41, 5.74) is 1.79. The molecule has 0 atom stereocenters. The van der Waals surface area contributed by atoms with E-state index in [0.29, 0.717) is 18.8 Å². The molecule has 140 valence electrons. The summed E-state index contributed by atoms with van der Waals surface area (Å²) in [6, 6.07) is 11.0. The molecule has 0 spiro atoms. The number of thiocarbonyl (C=S) groups is 1. The van der Waals surface area contributed by atoms with Crippen molar-refractivity contribution in [2.45, 2.75) is 25.7 Å². The molecule has 2 N–H and O–H groups in total. The van der Waals surface area contributed by atoms with Crippen molar-refractivity contribution in [3.8, 4) is 0 Å². The van der Waals surface area contributed by atoms with E-state index in [9.17, 15) is 12.8 Å². The highest BCUT2D eigenvalue weighted by molar-refractivity contribution is 7.89. The lowest BCUT2D eigenvalue weighted by Crippen LogP contribution is -2.30. The Morgan fingerprint density at radius 1 is 1.08 bits per heavy atom. The first-order chi connectivity index (χ1) is 12.3. The van der Waals surface area contributed by atoms with Gasteiger partial charge in [0.2, 0.25) is 10.0 Å². The van der Waals surface area contributed by atoms with Crippen molar-refractivity contribution in [3.05, 3.63) is 53.8 Å². The van der Waals surface area contributed by atoms with Gasteiger partial charge in [0.1, 0.15) is 5.82 Å². The lowest BCUT2D eigenvalue weighted by molar-refractivity contribution is 0.445. The third-order valence-corrected chi connectivity index (χ3v) is 6.09. The predicted molar refractivity (Wildman–Crippen MR) is 108 cm³/mol. The highest BCUT2D eigenvalue weighted by atomic mass is 32.2. The first-order valence-corrected chi connectivity index (χ1v) is 10.1. The summed E-state index contributed by atoms with van der Waals surface area (Å²) in [6.45, 7) is 6.27. The van der Waals surface area contributed by atoms with E-state index in [-0.39, 0.29) is 15.7 Å². The van der Waals surface area contributed by atoms with Crippen LogP contribution in [0, 0.1) is 12.7 Å². The Morgan fingerprint density at radius 3 is 2.27 bits per heavy atom. The topological polar surface area (TPSA) is 61.4 Å². The van der Waals surface area contributed by atoms with Crippen LogP contribution in [-0.2, 0) is 10.0 Å². The van der Waals surface area contributed by atoms with E-state index in [2.05, 4.69) is 10.6 Å². The fourth-order valence-corrected chi connectivity index (χ4v) is 4.13. The predicted octanol–water partition coefficient (Wildman–Crippen LogP) is 3.97. The quantitative estimate of drug-likeness (QED) is 0.725. The van der Waals surface area contributed by atoms with Crippen LogP contribution in [0.2, 0.25) is 0 Å². The third kappa shape index (κ3) is 4.78. The SMILES string of the molecule is CCN(CC)S(=O)(=O)c1ccc(NC(=S)Nc2cc(C)ccc2F)cc1. The summed E-state index contributed by atoms with van der Waals surface area (Å²) in [5, 5.41) is 5.93. The molecule has 0 unspecified atom stereocenters. The van der Waals surface area contributed by atoms with Crippen molar-refractivity contribution >= 4 is 38.7 Å². The first-order valence-electron chi connectivity index (χ1n) is 8.22. The molecule has 0 heterocycles. The zero-order valence-electron chi connectivity index (χ0n) is 14.9. The number of halogens is 1. The molecule has 0 aliphatic carbocycles. The Labute approximate surface area is 159 Å². The molecule has 0 fully saturated rings. The molecule has 0 saturated heterocycles. The van der Waals surface area contributed by atoms with Crippen molar-refractivity contribution < 1.29 is 12.8 Å². The van der Waals surface area contributed by atoms with E-state index in [4.69, 9.17) is 12.2 Å². The zero-order chi connectivity index (χ0) is 19.3. The molecule has 0 saturated carbocycles. The monoisotopic (exact) mass is 395 g/mol. The van der Waals surface area contributed by atoms with Gasteiger partial charge in [0.15, 0.2) is 5.11 Å². The maximum atomic E-state index is 13.8. The van der Waals surface area contributed by atoms with E-state index in [1.165, 1.54) is 22.5 Å². The highest BCUT2D eigenvalue weighted by Crippen LogP contribution is 2.19. The number of hydrogen-bond acceptors (Lipinski definition) is 3. The summed E-state index contributed by atoms with van der Waals surface area (Å²) in [6.07, 6.45) is 0. The van der Waals surface area contributed by atoms with Gasteiger partial charge < -0.3 is 10.6 Å². The normalized spacial score (nSPS) is 11.4. The van der Waals surface area contributed by atoms with Crippen LogP contribution in [0.4, 0.5) is 15.8 Å². The number of nitrogens with one attached hydrogen (secondary N) is 2. The molecule has 8 heteroatoms. The van der Waals surface area contributed by atoms with Gasteiger partial charge in [-0.05, 0) is 61.1 Å². The molecule has 5 nitrogen and oxygen atoms in total. The lowest BCUT2D eigenvalue weighted by Gasteiger charge is -2.18. The average Bonchev–Trinajstić information content (AvgIpc) is 2.59. The van der Waals surface area contributed by atoms with Gasteiger partial charge in [-0.15, -0.1) is 0 Å². The average molecular weight is 396 g/mol. The molecule has 0 bridgehead atoms. The van der Waals surface area contributed by atoms with E-state index < -0.39 is 15.8 Å². The number of rotatable bonds is 6. The van der Waals surface area contributed by atoms with Crippen molar-refractivity contribution in [2.24, 2.45) is 0 Å². The molecular weight excluding hydrogens is 373 g/mol. The lowest BCUT2D eigenvalue weighted by atomic mass is 10.2. The minimum atomic E-state index is -3.50. The second kappa shape index (κ2) is 8.57. The number of hydrogen-bond donors (Lipinski definition) is 2. The van der Waals surface area contributed by atoms with Gasteiger partial charge in [0.25, 0.3) is 0 Å². The first kappa shape index (κ1) is 20.3. The van der Waals surface area contributed by atoms with Crippen LogP contribution >= 0.6 is 12.2 Å².